The summed E-state index contributed by atoms with van der Waals surface area (Å²) in [7, 11) is 3.20. The third kappa shape index (κ3) is 3.54. The first-order valence-electron chi connectivity index (χ1n) is 6.70. The summed E-state index contributed by atoms with van der Waals surface area (Å²) in [5.74, 6) is 1.33. The molecule has 0 spiro atoms. The van der Waals surface area contributed by atoms with Crippen LogP contribution in [-0.4, -0.2) is 20.1 Å². The van der Waals surface area contributed by atoms with Crippen LogP contribution in [0.1, 0.15) is 21.5 Å². The fourth-order valence-electron chi connectivity index (χ4n) is 2.10. The minimum Gasteiger partial charge on any atom is -0.497 e. The Morgan fingerprint density at radius 2 is 1.86 bits per heavy atom. The molecule has 0 aliphatic heterocycles. The van der Waals surface area contributed by atoms with E-state index in [4.69, 9.17) is 9.47 Å². The summed E-state index contributed by atoms with van der Waals surface area (Å²) in [5.41, 5.74) is 2.54. The molecule has 2 rings (SSSR count). The SMILES string of the molecule is COc1ccc(CNC(=O)c2ccccc2C)c(OC)c1. The molecule has 0 aliphatic rings. The quantitative estimate of drug-likeness (QED) is 0.918. The maximum absolute atomic E-state index is 12.2. The number of hydrogen-bond acceptors (Lipinski definition) is 3. The summed E-state index contributed by atoms with van der Waals surface area (Å²) in [6, 6.07) is 13.0. The van der Waals surface area contributed by atoms with E-state index >= 15 is 0 Å². The van der Waals surface area contributed by atoms with Crippen molar-refractivity contribution in [3.05, 3.63) is 59.2 Å². The number of aryl methyl sites for hydroxylation is 1. The first kappa shape index (κ1) is 14.9. The summed E-state index contributed by atoms with van der Waals surface area (Å²) in [6.45, 7) is 2.32. The highest BCUT2D eigenvalue weighted by atomic mass is 16.5. The van der Waals surface area contributed by atoms with Gasteiger partial charge in [-0.25, -0.2) is 0 Å². The van der Waals surface area contributed by atoms with Gasteiger partial charge in [0.1, 0.15) is 11.5 Å². The molecule has 0 unspecified atom stereocenters. The minimum atomic E-state index is -0.0917. The molecule has 4 nitrogen and oxygen atoms in total. The summed E-state index contributed by atoms with van der Waals surface area (Å²) in [5, 5.41) is 2.91. The van der Waals surface area contributed by atoms with Gasteiger partial charge in [-0.3, -0.25) is 4.79 Å². The second-order valence-electron chi connectivity index (χ2n) is 4.68. The second kappa shape index (κ2) is 6.79. The van der Waals surface area contributed by atoms with Gasteiger partial charge in [-0.1, -0.05) is 18.2 Å². The van der Waals surface area contributed by atoms with Crippen molar-refractivity contribution in [2.45, 2.75) is 13.5 Å². The predicted octanol–water partition coefficient (Wildman–Crippen LogP) is 2.94. The van der Waals surface area contributed by atoms with Crippen LogP contribution >= 0.6 is 0 Å². The second-order valence-corrected chi connectivity index (χ2v) is 4.68. The molecule has 0 saturated heterocycles. The molecule has 0 bridgehead atoms. The first-order valence-corrected chi connectivity index (χ1v) is 6.70. The molecule has 0 aliphatic carbocycles. The summed E-state index contributed by atoms with van der Waals surface area (Å²) in [4.78, 5) is 12.2. The van der Waals surface area contributed by atoms with E-state index in [-0.39, 0.29) is 5.91 Å². The van der Waals surface area contributed by atoms with E-state index in [1.807, 2.05) is 43.3 Å². The monoisotopic (exact) mass is 285 g/mol. The third-order valence-electron chi connectivity index (χ3n) is 3.32. The summed E-state index contributed by atoms with van der Waals surface area (Å²) < 4.78 is 10.5. The van der Waals surface area contributed by atoms with Crippen LogP contribution < -0.4 is 14.8 Å². The standard InChI is InChI=1S/C17H19NO3/c1-12-6-4-5-7-15(12)17(19)18-11-13-8-9-14(20-2)10-16(13)21-3/h4-10H,11H2,1-3H3,(H,18,19). The van der Waals surface area contributed by atoms with Crippen molar-refractivity contribution < 1.29 is 14.3 Å². The average molecular weight is 285 g/mol. The van der Waals surface area contributed by atoms with E-state index in [1.54, 1.807) is 20.3 Å². The minimum absolute atomic E-state index is 0.0917. The van der Waals surface area contributed by atoms with Crippen molar-refractivity contribution in [3.8, 4) is 11.5 Å². The van der Waals surface area contributed by atoms with Crippen molar-refractivity contribution in [3.63, 3.8) is 0 Å². The maximum Gasteiger partial charge on any atom is 0.251 e. The van der Waals surface area contributed by atoms with E-state index in [1.165, 1.54) is 0 Å². The molecule has 21 heavy (non-hydrogen) atoms. The topological polar surface area (TPSA) is 47.6 Å². The van der Waals surface area contributed by atoms with Gasteiger partial charge >= 0.3 is 0 Å². The van der Waals surface area contributed by atoms with Crippen molar-refractivity contribution in [2.75, 3.05) is 14.2 Å². The lowest BCUT2D eigenvalue weighted by Gasteiger charge is -2.12. The Morgan fingerprint density at radius 3 is 2.52 bits per heavy atom. The lowest BCUT2D eigenvalue weighted by molar-refractivity contribution is 0.0950. The molecule has 0 radical (unpaired) electrons. The highest BCUT2D eigenvalue weighted by Gasteiger charge is 2.10. The molecule has 2 aromatic rings. The fourth-order valence-corrected chi connectivity index (χ4v) is 2.10. The maximum atomic E-state index is 12.2. The Balaban J connectivity index is 2.10. The molecule has 4 heteroatoms. The molecule has 0 fully saturated rings. The number of carbonyl (C=O) groups is 1. The summed E-state index contributed by atoms with van der Waals surface area (Å²) in [6.07, 6.45) is 0. The van der Waals surface area contributed by atoms with Crippen LogP contribution in [0.3, 0.4) is 0 Å². The molecular weight excluding hydrogens is 266 g/mol. The number of hydrogen-bond donors (Lipinski definition) is 1. The van der Waals surface area contributed by atoms with E-state index in [0.29, 0.717) is 17.9 Å². The van der Waals surface area contributed by atoms with Crippen molar-refractivity contribution >= 4 is 5.91 Å². The molecule has 0 atom stereocenters. The van der Waals surface area contributed by atoms with Crippen molar-refractivity contribution in [1.82, 2.24) is 5.32 Å². The molecule has 110 valence electrons. The number of ether oxygens (including phenoxy) is 2. The predicted molar refractivity (Wildman–Crippen MR) is 81.9 cm³/mol. The first-order chi connectivity index (χ1) is 10.2. The van der Waals surface area contributed by atoms with Crippen LogP contribution in [0.5, 0.6) is 11.5 Å². The van der Waals surface area contributed by atoms with Gasteiger partial charge < -0.3 is 14.8 Å². The van der Waals surface area contributed by atoms with E-state index in [9.17, 15) is 4.79 Å². The van der Waals surface area contributed by atoms with Gasteiger partial charge in [-0.2, -0.15) is 0 Å². The molecule has 0 aromatic heterocycles. The zero-order chi connectivity index (χ0) is 15.2. The zero-order valence-corrected chi connectivity index (χ0v) is 12.5. The van der Waals surface area contributed by atoms with E-state index in [0.717, 1.165) is 16.9 Å². The van der Waals surface area contributed by atoms with Gasteiger partial charge in [-0.05, 0) is 30.7 Å². The normalized spacial score (nSPS) is 10.0. The third-order valence-corrected chi connectivity index (χ3v) is 3.32. The highest BCUT2D eigenvalue weighted by Crippen LogP contribution is 2.24. The van der Waals surface area contributed by atoms with Gasteiger partial charge in [0.15, 0.2) is 0 Å². The molecular formula is C17H19NO3. The van der Waals surface area contributed by atoms with E-state index in [2.05, 4.69) is 5.32 Å². The highest BCUT2D eigenvalue weighted by molar-refractivity contribution is 5.95. The number of amides is 1. The smallest absolute Gasteiger partial charge is 0.251 e. The summed E-state index contributed by atoms with van der Waals surface area (Å²) >= 11 is 0. The number of nitrogens with one attached hydrogen (secondary N) is 1. The lowest BCUT2D eigenvalue weighted by atomic mass is 10.1. The number of carbonyl (C=O) groups excluding carboxylic acids is 1. The molecule has 1 N–H and O–H groups in total. The van der Waals surface area contributed by atoms with Crippen LogP contribution in [0.15, 0.2) is 42.5 Å². The van der Waals surface area contributed by atoms with Gasteiger partial charge in [0, 0.05) is 23.7 Å². The molecule has 0 saturated carbocycles. The fraction of sp³-hybridized carbons (Fsp3) is 0.235. The Hall–Kier alpha value is -2.49. The molecule has 0 heterocycles. The van der Waals surface area contributed by atoms with Crippen molar-refractivity contribution in [1.29, 1.82) is 0 Å². The van der Waals surface area contributed by atoms with Crippen LogP contribution in [0, 0.1) is 6.92 Å². The Kier molecular flexibility index (Phi) is 4.82. The zero-order valence-electron chi connectivity index (χ0n) is 12.5. The lowest BCUT2D eigenvalue weighted by Crippen LogP contribution is -2.23. The molecule has 2 aromatic carbocycles. The van der Waals surface area contributed by atoms with Crippen molar-refractivity contribution in [2.24, 2.45) is 0 Å². The van der Waals surface area contributed by atoms with Crippen LogP contribution in [-0.2, 0) is 6.54 Å². The largest absolute Gasteiger partial charge is 0.497 e. The Bertz CT molecular complexity index is 638. The van der Waals surface area contributed by atoms with Crippen LogP contribution in [0.2, 0.25) is 0 Å². The number of benzene rings is 2. The van der Waals surface area contributed by atoms with Gasteiger partial charge in [0.05, 0.1) is 14.2 Å². The van der Waals surface area contributed by atoms with E-state index < -0.39 is 0 Å². The Labute approximate surface area is 124 Å². The van der Waals surface area contributed by atoms with Gasteiger partial charge in [0.25, 0.3) is 5.91 Å². The van der Waals surface area contributed by atoms with Crippen LogP contribution in [0.25, 0.3) is 0 Å². The average Bonchev–Trinajstić information content (AvgIpc) is 2.52. The van der Waals surface area contributed by atoms with Gasteiger partial charge in [-0.15, -0.1) is 0 Å². The van der Waals surface area contributed by atoms with Crippen LogP contribution in [0.4, 0.5) is 0 Å². The molecule has 1 amide bonds. The Morgan fingerprint density at radius 1 is 1.10 bits per heavy atom. The number of rotatable bonds is 5. The number of methoxy groups -OCH3 is 2. The van der Waals surface area contributed by atoms with Gasteiger partial charge in [0.2, 0.25) is 0 Å².